The standard InChI is InChI=1S/C23H29NO2S/c1-16(2)14-22(25)24-18(4)23(26)27-17(3)15-19-10-12-21(13-11-19)20-8-6-5-7-9-20/h5-13,16-18H,14-15H2,1-4H3,(H,24,25)/t17-,18+/m0/s1. The normalized spacial score (nSPS) is 13.2. The van der Waals surface area contributed by atoms with Gasteiger partial charge >= 0.3 is 0 Å². The number of hydrogen-bond acceptors (Lipinski definition) is 3. The molecule has 1 N–H and O–H groups in total. The van der Waals surface area contributed by atoms with E-state index in [9.17, 15) is 9.59 Å². The minimum absolute atomic E-state index is 0.0144. The first-order chi connectivity index (χ1) is 12.8. The Morgan fingerprint density at radius 3 is 2.07 bits per heavy atom. The van der Waals surface area contributed by atoms with E-state index in [1.807, 2.05) is 32.0 Å². The molecule has 3 nitrogen and oxygen atoms in total. The van der Waals surface area contributed by atoms with Gasteiger partial charge in [-0.15, -0.1) is 0 Å². The van der Waals surface area contributed by atoms with Gasteiger partial charge in [0.1, 0.15) is 0 Å². The molecule has 27 heavy (non-hydrogen) atoms. The Hall–Kier alpha value is -2.07. The highest BCUT2D eigenvalue weighted by atomic mass is 32.2. The Morgan fingerprint density at radius 1 is 0.889 bits per heavy atom. The second kappa shape index (κ2) is 10.3. The fraction of sp³-hybridized carbons (Fsp3) is 0.391. The van der Waals surface area contributed by atoms with Crippen LogP contribution in [0, 0.1) is 5.92 Å². The van der Waals surface area contributed by atoms with Crippen molar-refractivity contribution in [1.82, 2.24) is 5.32 Å². The molecule has 0 aromatic heterocycles. The van der Waals surface area contributed by atoms with Crippen molar-refractivity contribution < 1.29 is 9.59 Å². The molecule has 1 amide bonds. The highest BCUT2D eigenvalue weighted by Crippen LogP contribution is 2.22. The zero-order valence-corrected chi connectivity index (χ0v) is 17.4. The average Bonchev–Trinajstić information content (AvgIpc) is 2.62. The maximum Gasteiger partial charge on any atom is 0.220 e. The summed E-state index contributed by atoms with van der Waals surface area (Å²) in [4.78, 5) is 24.2. The van der Waals surface area contributed by atoms with E-state index in [1.54, 1.807) is 6.92 Å². The third kappa shape index (κ3) is 7.22. The fourth-order valence-electron chi connectivity index (χ4n) is 2.87. The number of hydrogen-bond donors (Lipinski definition) is 1. The number of carbonyl (C=O) groups is 2. The van der Waals surface area contributed by atoms with Crippen molar-refractivity contribution in [3.63, 3.8) is 0 Å². The number of rotatable bonds is 8. The molecule has 0 aliphatic rings. The maximum absolute atomic E-state index is 12.4. The first-order valence-corrected chi connectivity index (χ1v) is 10.4. The molecule has 2 atom stereocenters. The maximum atomic E-state index is 12.4. The SMILES string of the molecule is CC(C)CC(=O)N[C@H](C)C(=O)S[C@@H](C)Cc1ccc(-c2ccccc2)cc1. The lowest BCUT2D eigenvalue weighted by Crippen LogP contribution is -2.38. The van der Waals surface area contributed by atoms with Crippen LogP contribution < -0.4 is 5.32 Å². The molecule has 0 radical (unpaired) electrons. The lowest BCUT2D eigenvalue weighted by atomic mass is 10.0. The van der Waals surface area contributed by atoms with Crippen molar-refractivity contribution in [2.75, 3.05) is 0 Å². The minimum Gasteiger partial charge on any atom is -0.346 e. The second-order valence-corrected chi connectivity index (χ2v) is 8.84. The van der Waals surface area contributed by atoms with Crippen molar-refractivity contribution in [3.05, 3.63) is 60.2 Å². The number of benzene rings is 2. The van der Waals surface area contributed by atoms with Gasteiger partial charge in [-0.1, -0.05) is 87.1 Å². The molecule has 0 aliphatic heterocycles. The van der Waals surface area contributed by atoms with Crippen LogP contribution in [0.1, 0.15) is 39.7 Å². The van der Waals surface area contributed by atoms with Crippen LogP contribution in [0.4, 0.5) is 0 Å². The van der Waals surface area contributed by atoms with Gasteiger partial charge in [-0.2, -0.15) is 0 Å². The topological polar surface area (TPSA) is 46.2 Å². The molecule has 2 aromatic rings. The predicted octanol–water partition coefficient (Wildman–Crippen LogP) is 5.10. The minimum atomic E-state index is -0.454. The summed E-state index contributed by atoms with van der Waals surface area (Å²) in [6, 6.07) is 18.3. The quantitative estimate of drug-likeness (QED) is 0.690. The average molecular weight is 384 g/mol. The molecule has 0 saturated heterocycles. The van der Waals surface area contributed by atoms with Crippen LogP contribution >= 0.6 is 11.8 Å². The van der Waals surface area contributed by atoms with Crippen molar-refractivity contribution >= 4 is 22.8 Å². The molecule has 0 unspecified atom stereocenters. The summed E-state index contributed by atoms with van der Waals surface area (Å²) in [6.07, 6.45) is 1.27. The molecule has 0 bridgehead atoms. The monoisotopic (exact) mass is 383 g/mol. The number of amides is 1. The van der Waals surface area contributed by atoms with Crippen LogP contribution in [0.25, 0.3) is 11.1 Å². The Balaban J connectivity index is 1.85. The molecular formula is C23H29NO2S. The largest absolute Gasteiger partial charge is 0.346 e. The van der Waals surface area contributed by atoms with E-state index in [0.717, 1.165) is 6.42 Å². The molecule has 0 fully saturated rings. The molecule has 0 aliphatic carbocycles. The van der Waals surface area contributed by atoms with E-state index in [0.29, 0.717) is 6.42 Å². The summed E-state index contributed by atoms with van der Waals surface area (Å²) in [7, 11) is 0. The van der Waals surface area contributed by atoms with Gasteiger partial charge in [0.05, 0.1) is 6.04 Å². The van der Waals surface area contributed by atoms with E-state index in [1.165, 1.54) is 28.5 Å². The molecule has 0 spiro atoms. The molecular weight excluding hydrogens is 354 g/mol. The summed E-state index contributed by atoms with van der Waals surface area (Å²) >= 11 is 1.31. The van der Waals surface area contributed by atoms with Crippen LogP contribution in [0.3, 0.4) is 0 Å². The third-order valence-corrected chi connectivity index (χ3v) is 5.38. The van der Waals surface area contributed by atoms with Crippen LogP contribution in [-0.2, 0) is 16.0 Å². The van der Waals surface area contributed by atoms with Gasteiger partial charge in [0.2, 0.25) is 11.0 Å². The van der Waals surface area contributed by atoms with E-state index < -0.39 is 6.04 Å². The molecule has 144 valence electrons. The molecule has 4 heteroatoms. The lowest BCUT2D eigenvalue weighted by Gasteiger charge is -2.16. The van der Waals surface area contributed by atoms with E-state index in [-0.39, 0.29) is 22.2 Å². The number of thioether (sulfide) groups is 1. The highest BCUT2D eigenvalue weighted by Gasteiger charge is 2.19. The van der Waals surface area contributed by atoms with Gasteiger partial charge in [0.15, 0.2) is 0 Å². The van der Waals surface area contributed by atoms with E-state index in [4.69, 9.17) is 0 Å². The summed E-state index contributed by atoms with van der Waals surface area (Å²) in [5.41, 5.74) is 3.60. The predicted molar refractivity (Wildman–Crippen MR) is 115 cm³/mol. The molecule has 0 saturated carbocycles. The van der Waals surface area contributed by atoms with Gasteiger partial charge in [-0.05, 0) is 36.0 Å². The Morgan fingerprint density at radius 2 is 1.48 bits per heavy atom. The summed E-state index contributed by atoms with van der Waals surface area (Å²) in [5.74, 6) is 0.230. The van der Waals surface area contributed by atoms with E-state index >= 15 is 0 Å². The third-order valence-electron chi connectivity index (χ3n) is 4.23. The summed E-state index contributed by atoms with van der Waals surface area (Å²) < 4.78 is 0. The Kier molecular flexibility index (Phi) is 8.11. The van der Waals surface area contributed by atoms with Crippen LogP contribution in [0.15, 0.2) is 54.6 Å². The van der Waals surface area contributed by atoms with Crippen LogP contribution in [0.2, 0.25) is 0 Å². The second-order valence-electron chi connectivity index (χ2n) is 7.40. The zero-order chi connectivity index (χ0) is 19.8. The molecule has 2 aromatic carbocycles. The number of nitrogens with one attached hydrogen (secondary N) is 1. The van der Waals surface area contributed by atoms with Crippen LogP contribution in [-0.4, -0.2) is 22.3 Å². The van der Waals surface area contributed by atoms with Crippen molar-refractivity contribution in [1.29, 1.82) is 0 Å². The summed E-state index contributed by atoms with van der Waals surface area (Å²) in [5, 5.41) is 2.97. The van der Waals surface area contributed by atoms with Gasteiger partial charge in [-0.3, -0.25) is 9.59 Å². The van der Waals surface area contributed by atoms with Gasteiger partial charge < -0.3 is 5.32 Å². The highest BCUT2D eigenvalue weighted by molar-refractivity contribution is 8.14. The first-order valence-electron chi connectivity index (χ1n) is 9.49. The first kappa shape index (κ1) is 21.2. The van der Waals surface area contributed by atoms with Gasteiger partial charge in [0, 0.05) is 11.7 Å². The summed E-state index contributed by atoms with van der Waals surface area (Å²) in [6.45, 7) is 7.79. The Bertz CT molecular complexity index is 741. The van der Waals surface area contributed by atoms with Crippen molar-refractivity contribution in [3.8, 4) is 11.1 Å². The van der Waals surface area contributed by atoms with Gasteiger partial charge in [0.25, 0.3) is 0 Å². The molecule has 0 heterocycles. The Labute approximate surface area is 166 Å². The lowest BCUT2D eigenvalue weighted by molar-refractivity contribution is -0.125. The smallest absolute Gasteiger partial charge is 0.220 e. The molecule has 2 rings (SSSR count). The zero-order valence-electron chi connectivity index (χ0n) is 16.6. The van der Waals surface area contributed by atoms with E-state index in [2.05, 4.69) is 48.6 Å². The van der Waals surface area contributed by atoms with Crippen molar-refractivity contribution in [2.24, 2.45) is 5.92 Å². The fourth-order valence-corrected chi connectivity index (χ4v) is 3.80. The van der Waals surface area contributed by atoms with Gasteiger partial charge in [-0.25, -0.2) is 0 Å². The number of carbonyl (C=O) groups excluding carboxylic acids is 2. The van der Waals surface area contributed by atoms with Crippen LogP contribution in [0.5, 0.6) is 0 Å². The van der Waals surface area contributed by atoms with Crippen molar-refractivity contribution in [2.45, 2.75) is 51.8 Å².